The van der Waals surface area contributed by atoms with Gasteiger partial charge in [0.15, 0.2) is 0 Å². The van der Waals surface area contributed by atoms with Crippen LogP contribution in [0.5, 0.6) is 5.75 Å². The van der Waals surface area contributed by atoms with Crippen molar-refractivity contribution < 1.29 is 4.74 Å². The third kappa shape index (κ3) is 7.39. The van der Waals surface area contributed by atoms with Gasteiger partial charge in [0, 0.05) is 28.3 Å². The summed E-state index contributed by atoms with van der Waals surface area (Å²) in [6.07, 6.45) is 15.0. The monoisotopic (exact) mass is 825 g/mol. The number of benzene rings is 8. The molecule has 0 fully saturated rings. The van der Waals surface area contributed by atoms with Crippen LogP contribution >= 0.6 is 0 Å². The van der Waals surface area contributed by atoms with Gasteiger partial charge < -0.3 is 10.1 Å². The van der Waals surface area contributed by atoms with Gasteiger partial charge in [0.1, 0.15) is 11.9 Å². The molecule has 3 atom stereocenters. The second-order valence-corrected chi connectivity index (χ2v) is 18.2. The summed E-state index contributed by atoms with van der Waals surface area (Å²) in [7, 11) is 0. The minimum atomic E-state index is -0.0659. The summed E-state index contributed by atoms with van der Waals surface area (Å²) in [6.45, 7) is 7.00. The van der Waals surface area contributed by atoms with Gasteiger partial charge in [-0.25, -0.2) is 0 Å². The standard InChI is InChI=1S/C44H37N.C18H14O/c1-29-14-16-30(17-15-29)34-20-24-40-41-25-23-37(28-43(41)44(2,3)42(40)27-34)45-36-21-18-31(19-22-36)33-10-6-11-35(26-33)39-13-7-9-32-8-4-5-12-38(32)39;1-2-6-13(7-3-1)14-10-11-16-15-8-4-5-9-17(15)19-18(16)12-14/h4-14,16-29,45H,15H2,1-3H3;1-12,16,18H. The fraction of sp³-hybridized carbons (Fsp3) is 0.129. The van der Waals surface area contributed by atoms with Crippen molar-refractivity contribution in [2.24, 2.45) is 5.92 Å². The highest BCUT2D eigenvalue weighted by Crippen LogP contribution is 2.50. The number of anilines is 2. The van der Waals surface area contributed by atoms with E-state index in [9.17, 15) is 0 Å². The fourth-order valence-electron chi connectivity index (χ4n) is 10.1. The van der Waals surface area contributed by atoms with Crippen LogP contribution in [-0.2, 0) is 5.41 Å². The topological polar surface area (TPSA) is 21.3 Å². The quantitative estimate of drug-likeness (QED) is 0.180. The van der Waals surface area contributed by atoms with Crippen molar-refractivity contribution in [1.82, 2.24) is 0 Å². The van der Waals surface area contributed by atoms with Gasteiger partial charge in [0.25, 0.3) is 0 Å². The maximum atomic E-state index is 6.03. The van der Waals surface area contributed by atoms with Crippen molar-refractivity contribution in [3.63, 3.8) is 0 Å². The van der Waals surface area contributed by atoms with E-state index in [1.165, 1.54) is 83.1 Å². The molecular formula is C62H51NO. The smallest absolute Gasteiger partial charge is 0.128 e. The minimum absolute atomic E-state index is 0.0659. The van der Waals surface area contributed by atoms with Crippen LogP contribution in [0.25, 0.3) is 55.3 Å². The number of ether oxygens (including phenoxy) is 1. The molecule has 1 N–H and O–H groups in total. The molecule has 3 aliphatic carbocycles. The first kappa shape index (κ1) is 39.4. The lowest BCUT2D eigenvalue weighted by atomic mass is 9.81. The average molecular weight is 826 g/mol. The van der Waals surface area contributed by atoms with Crippen molar-refractivity contribution in [3.05, 3.63) is 246 Å². The molecule has 64 heavy (non-hydrogen) atoms. The van der Waals surface area contributed by atoms with Gasteiger partial charge in [0.2, 0.25) is 0 Å². The van der Waals surface area contributed by atoms with Gasteiger partial charge in [-0.15, -0.1) is 0 Å². The maximum absolute atomic E-state index is 6.03. The zero-order valence-electron chi connectivity index (χ0n) is 36.6. The largest absolute Gasteiger partial charge is 0.485 e. The van der Waals surface area contributed by atoms with Crippen LogP contribution in [0.15, 0.2) is 218 Å². The lowest BCUT2D eigenvalue weighted by Crippen LogP contribution is -2.17. The first-order valence-electron chi connectivity index (χ1n) is 22.7. The molecule has 12 rings (SSSR count). The van der Waals surface area contributed by atoms with Crippen LogP contribution in [0.3, 0.4) is 0 Å². The molecule has 310 valence electrons. The highest BCUT2D eigenvalue weighted by molar-refractivity contribution is 5.97. The molecule has 3 unspecified atom stereocenters. The van der Waals surface area contributed by atoms with Crippen molar-refractivity contribution in [1.29, 1.82) is 0 Å². The molecule has 1 aliphatic heterocycles. The highest BCUT2D eigenvalue weighted by Gasteiger charge is 2.36. The summed E-state index contributed by atoms with van der Waals surface area (Å²) in [4.78, 5) is 0. The summed E-state index contributed by atoms with van der Waals surface area (Å²) in [6, 6.07) is 65.5. The van der Waals surface area contributed by atoms with E-state index in [1.807, 2.05) is 12.1 Å². The maximum Gasteiger partial charge on any atom is 0.128 e. The SMILES string of the molecule is C1=CC2c3ccccc3OC2C=C1c1ccccc1.CC1C=CC(c2ccc3c(c2)C(C)(C)c2cc(Nc4ccc(-c5cccc(-c6cccc7ccccc67)c5)cc4)ccc2-3)=CC1. The molecule has 0 spiro atoms. The number of allylic oxidation sites excluding steroid dienone is 6. The lowest BCUT2D eigenvalue weighted by molar-refractivity contribution is 0.269. The van der Waals surface area contributed by atoms with Crippen LogP contribution < -0.4 is 10.1 Å². The predicted molar refractivity (Wildman–Crippen MR) is 270 cm³/mol. The summed E-state index contributed by atoms with van der Waals surface area (Å²) in [5, 5.41) is 6.23. The number of fused-ring (bicyclic) bond motifs is 7. The van der Waals surface area contributed by atoms with Gasteiger partial charge in [0.05, 0.1) is 0 Å². The summed E-state index contributed by atoms with van der Waals surface area (Å²) < 4.78 is 6.03. The van der Waals surface area contributed by atoms with E-state index in [1.54, 1.807) is 0 Å². The Hall–Kier alpha value is -7.42. The van der Waals surface area contributed by atoms with Crippen LogP contribution in [0.4, 0.5) is 11.4 Å². The second kappa shape index (κ2) is 16.4. The summed E-state index contributed by atoms with van der Waals surface area (Å²) in [5.41, 5.74) is 19.0. The lowest BCUT2D eigenvalue weighted by Gasteiger charge is -2.23. The van der Waals surface area contributed by atoms with Crippen LogP contribution in [0, 0.1) is 5.92 Å². The molecule has 8 aromatic carbocycles. The molecule has 0 aromatic heterocycles. The Balaban J connectivity index is 0.000000199. The van der Waals surface area contributed by atoms with Gasteiger partial charge >= 0.3 is 0 Å². The Labute approximate surface area is 377 Å². The molecular weight excluding hydrogens is 775 g/mol. The van der Waals surface area contributed by atoms with Gasteiger partial charge in [-0.3, -0.25) is 0 Å². The molecule has 8 aromatic rings. The third-order valence-corrected chi connectivity index (χ3v) is 13.6. The van der Waals surface area contributed by atoms with E-state index < -0.39 is 0 Å². The highest BCUT2D eigenvalue weighted by atomic mass is 16.5. The van der Waals surface area contributed by atoms with Crippen LogP contribution in [0.1, 0.15) is 60.9 Å². The predicted octanol–water partition coefficient (Wildman–Crippen LogP) is 16.4. The number of nitrogens with one attached hydrogen (secondary N) is 1. The van der Waals surface area contributed by atoms with Crippen molar-refractivity contribution in [2.45, 2.75) is 44.6 Å². The Bertz CT molecular complexity index is 3180. The average Bonchev–Trinajstić information content (AvgIpc) is 3.83. The summed E-state index contributed by atoms with van der Waals surface area (Å²) in [5.74, 6) is 2.01. The minimum Gasteiger partial charge on any atom is -0.485 e. The zero-order valence-corrected chi connectivity index (χ0v) is 36.6. The van der Waals surface area contributed by atoms with E-state index in [-0.39, 0.29) is 11.5 Å². The van der Waals surface area contributed by atoms with E-state index in [0.717, 1.165) is 23.5 Å². The molecule has 1 heterocycles. The molecule has 0 saturated carbocycles. The van der Waals surface area contributed by atoms with Crippen molar-refractivity contribution in [2.75, 3.05) is 5.32 Å². The van der Waals surface area contributed by atoms with Crippen LogP contribution in [-0.4, -0.2) is 6.10 Å². The van der Waals surface area contributed by atoms with Gasteiger partial charge in [-0.05, 0) is 138 Å². The summed E-state index contributed by atoms with van der Waals surface area (Å²) >= 11 is 0. The van der Waals surface area contributed by atoms with E-state index >= 15 is 0 Å². The zero-order chi connectivity index (χ0) is 43.2. The van der Waals surface area contributed by atoms with Crippen LogP contribution in [0.2, 0.25) is 0 Å². The third-order valence-electron chi connectivity index (χ3n) is 13.6. The number of hydrogen-bond acceptors (Lipinski definition) is 2. The molecule has 0 amide bonds. The van der Waals surface area contributed by atoms with E-state index in [0.29, 0.717) is 11.8 Å². The first-order valence-corrected chi connectivity index (χ1v) is 22.7. The van der Waals surface area contributed by atoms with Crippen molar-refractivity contribution in [3.8, 4) is 39.1 Å². The Kier molecular flexibility index (Phi) is 10.1. The molecule has 2 heteroatoms. The molecule has 2 nitrogen and oxygen atoms in total. The van der Waals surface area contributed by atoms with Crippen molar-refractivity contribution >= 4 is 33.3 Å². The fourth-order valence-corrected chi connectivity index (χ4v) is 10.1. The number of hydrogen-bond donors (Lipinski definition) is 1. The Morgan fingerprint density at radius 2 is 1.19 bits per heavy atom. The molecule has 0 bridgehead atoms. The Morgan fingerprint density at radius 3 is 2.03 bits per heavy atom. The number of para-hydroxylation sites is 1. The van der Waals surface area contributed by atoms with E-state index in [4.69, 9.17) is 4.74 Å². The van der Waals surface area contributed by atoms with Gasteiger partial charge in [-0.2, -0.15) is 0 Å². The molecule has 0 saturated heterocycles. The second-order valence-electron chi connectivity index (χ2n) is 18.2. The normalized spacial score (nSPS) is 18.3. The van der Waals surface area contributed by atoms with E-state index in [2.05, 4.69) is 232 Å². The van der Waals surface area contributed by atoms with Gasteiger partial charge in [-0.1, -0.05) is 191 Å². The first-order chi connectivity index (χ1) is 31.4. The number of rotatable bonds is 6. The Morgan fingerprint density at radius 1 is 0.516 bits per heavy atom. The molecule has 4 aliphatic rings. The molecule has 0 radical (unpaired) electrons.